The van der Waals surface area contributed by atoms with E-state index in [1.165, 1.54) is 0 Å². The molecule has 0 fully saturated rings. The number of fused-ring (bicyclic) bond motifs is 2. The van der Waals surface area contributed by atoms with E-state index in [1.807, 2.05) is 54.6 Å². The van der Waals surface area contributed by atoms with Crippen molar-refractivity contribution < 1.29 is 5.11 Å². The largest absolute Gasteiger partial charge is 0.374 e. The van der Waals surface area contributed by atoms with Crippen molar-refractivity contribution >= 4 is 21.5 Å². The Morgan fingerprint density at radius 2 is 1.39 bits per heavy atom. The van der Waals surface area contributed by atoms with Crippen LogP contribution in [0.3, 0.4) is 0 Å². The Balaban J connectivity index is 2.54. The molecule has 2 nitrogen and oxygen atoms in total. The molecule has 18 heavy (non-hydrogen) atoms. The molecule has 1 N–H and O–H groups in total. The second-order valence-electron chi connectivity index (χ2n) is 4.26. The van der Waals surface area contributed by atoms with Crippen LogP contribution in [0.25, 0.3) is 21.5 Å². The molecule has 2 heteroatoms. The first-order valence-electron chi connectivity index (χ1n) is 5.79. The van der Waals surface area contributed by atoms with Gasteiger partial charge in [-0.3, -0.25) is 0 Å². The van der Waals surface area contributed by atoms with Crippen molar-refractivity contribution in [3.8, 4) is 6.07 Å². The Bertz CT molecular complexity index is 717. The SMILES string of the molecule is N#C[C@H](O)c1c2ccccc2cc2ccccc12. The van der Waals surface area contributed by atoms with Gasteiger partial charge in [0.25, 0.3) is 0 Å². The topological polar surface area (TPSA) is 44.0 Å². The summed E-state index contributed by atoms with van der Waals surface area (Å²) in [5, 5.41) is 22.9. The minimum atomic E-state index is -1.10. The summed E-state index contributed by atoms with van der Waals surface area (Å²) >= 11 is 0. The number of aliphatic hydroxyl groups is 1. The summed E-state index contributed by atoms with van der Waals surface area (Å²) in [4.78, 5) is 0. The molecule has 3 aromatic carbocycles. The molecule has 0 saturated heterocycles. The highest BCUT2D eigenvalue weighted by Crippen LogP contribution is 2.32. The van der Waals surface area contributed by atoms with Gasteiger partial charge >= 0.3 is 0 Å². The molecule has 0 aliphatic carbocycles. The van der Waals surface area contributed by atoms with E-state index in [4.69, 9.17) is 5.26 Å². The van der Waals surface area contributed by atoms with Crippen molar-refractivity contribution in [3.05, 3.63) is 60.2 Å². The molecule has 3 rings (SSSR count). The van der Waals surface area contributed by atoms with Crippen LogP contribution in [0.15, 0.2) is 54.6 Å². The van der Waals surface area contributed by atoms with E-state index in [0.717, 1.165) is 21.5 Å². The Morgan fingerprint density at radius 3 is 1.89 bits per heavy atom. The molecule has 0 bridgehead atoms. The van der Waals surface area contributed by atoms with Crippen LogP contribution in [0.4, 0.5) is 0 Å². The molecule has 0 radical (unpaired) electrons. The number of rotatable bonds is 1. The summed E-state index contributed by atoms with van der Waals surface area (Å²) in [5.74, 6) is 0. The highest BCUT2D eigenvalue weighted by molar-refractivity contribution is 6.02. The average Bonchev–Trinajstić information content (AvgIpc) is 2.44. The van der Waals surface area contributed by atoms with Gasteiger partial charge in [-0.15, -0.1) is 0 Å². The van der Waals surface area contributed by atoms with Crippen molar-refractivity contribution in [1.82, 2.24) is 0 Å². The number of nitriles is 1. The van der Waals surface area contributed by atoms with Crippen LogP contribution >= 0.6 is 0 Å². The van der Waals surface area contributed by atoms with Gasteiger partial charge in [-0.1, -0.05) is 48.5 Å². The van der Waals surface area contributed by atoms with Crippen molar-refractivity contribution in [2.75, 3.05) is 0 Å². The van der Waals surface area contributed by atoms with Gasteiger partial charge in [0.05, 0.1) is 6.07 Å². The third-order valence-electron chi connectivity index (χ3n) is 3.21. The zero-order valence-corrected chi connectivity index (χ0v) is 9.67. The highest BCUT2D eigenvalue weighted by Gasteiger charge is 2.14. The van der Waals surface area contributed by atoms with Gasteiger partial charge in [0.1, 0.15) is 0 Å². The number of benzene rings is 3. The predicted octanol–water partition coefficient (Wildman–Crippen LogP) is 3.55. The monoisotopic (exact) mass is 233 g/mol. The van der Waals surface area contributed by atoms with Crippen LogP contribution in [0.1, 0.15) is 11.7 Å². The van der Waals surface area contributed by atoms with Gasteiger partial charge in [0.2, 0.25) is 0 Å². The van der Waals surface area contributed by atoms with Crippen LogP contribution in [0.5, 0.6) is 0 Å². The molecule has 0 spiro atoms. The maximum Gasteiger partial charge on any atom is 0.167 e. The van der Waals surface area contributed by atoms with Crippen molar-refractivity contribution in [2.24, 2.45) is 0 Å². The first kappa shape index (κ1) is 10.8. The van der Waals surface area contributed by atoms with Crippen molar-refractivity contribution in [2.45, 2.75) is 6.10 Å². The number of hydrogen-bond acceptors (Lipinski definition) is 2. The Labute approximate surface area is 105 Å². The fourth-order valence-corrected chi connectivity index (χ4v) is 2.41. The molecule has 0 amide bonds. The molecule has 0 aliphatic rings. The van der Waals surface area contributed by atoms with Crippen LogP contribution in [0.2, 0.25) is 0 Å². The van der Waals surface area contributed by atoms with Gasteiger partial charge in [0.15, 0.2) is 6.10 Å². The second kappa shape index (κ2) is 4.14. The highest BCUT2D eigenvalue weighted by atomic mass is 16.3. The average molecular weight is 233 g/mol. The predicted molar refractivity (Wildman–Crippen MR) is 72.0 cm³/mol. The number of aliphatic hydroxyl groups excluding tert-OH is 1. The minimum Gasteiger partial charge on any atom is -0.374 e. The standard InChI is InChI=1S/C16H11NO/c17-10-15(18)16-13-7-3-1-5-11(13)9-12-6-2-4-8-14(12)16/h1-9,15,18H/t15-/m0/s1. The Kier molecular flexibility index (Phi) is 2.47. The molecule has 0 heterocycles. The summed E-state index contributed by atoms with van der Waals surface area (Å²) in [7, 11) is 0. The number of hydrogen-bond donors (Lipinski definition) is 1. The first-order chi connectivity index (χ1) is 8.81. The summed E-state index contributed by atoms with van der Waals surface area (Å²) < 4.78 is 0. The molecule has 3 aromatic rings. The van der Waals surface area contributed by atoms with Gasteiger partial charge in [0, 0.05) is 5.56 Å². The van der Waals surface area contributed by atoms with Crippen molar-refractivity contribution in [3.63, 3.8) is 0 Å². The first-order valence-corrected chi connectivity index (χ1v) is 5.79. The lowest BCUT2D eigenvalue weighted by molar-refractivity contribution is 0.239. The van der Waals surface area contributed by atoms with E-state index in [-0.39, 0.29) is 0 Å². The minimum absolute atomic E-state index is 0.700. The van der Waals surface area contributed by atoms with Crippen LogP contribution in [-0.4, -0.2) is 5.11 Å². The summed E-state index contributed by atoms with van der Waals surface area (Å²) in [6.07, 6.45) is -1.10. The van der Waals surface area contributed by atoms with Crippen LogP contribution < -0.4 is 0 Å². The van der Waals surface area contributed by atoms with Gasteiger partial charge in [-0.2, -0.15) is 5.26 Å². The molecular formula is C16H11NO. The van der Waals surface area contributed by atoms with Crippen molar-refractivity contribution in [1.29, 1.82) is 5.26 Å². The smallest absolute Gasteiger partial charge is 0.167 e. The Morgan fingerprint density at radius 1 is 0.889 bits per heavy atom. The van der Waals surface area contributed by atoms with Gasteiger partial charge in [-0.25, -0.2) is 0 Å². The summed E-state index contributed by atoms with van der Waals surface area (Å²) in [6.45, 7) is 0. The van der Waals surface area contributed by atoms with E-state index in [2.05, 4.69) is 6.07 Å². The van der Waals surface area contributed by atoms with Gasteiger partial charge < -0.3 is 5.11 Å². The molecule has 1 atom stereocenters. The molecule has 0 unspecified atom stereocenters. The fraction of sp³-hybridized carbons (Fsp3) is 0.0625. The van der Waals surface area contributed by atoms with Gasteiger partial charge in [-0.05, 0) is 27.6 Å². The zero-order valence-electron chi connectivity index (χ0n) is 9.67. The third kappa shape index (κ3) is 1.54. The maximum absolute atomic E-state index is 9.96. The fourth-order valence-electron chi connectivity index (χ4n) is 2.41. The zero-order chi connectivity index (χ0) is 12.5. The van der Waals surface area contributed by atoms with E-state index >= 15 is 0 Å². The van der Waals surface area contributed by atoms with E-state index in [0.29, 0.717) is 5.56 Å². The molecule has 0 aromatic heterocycles. The lowest BCUT2D eigenvalue weighted by Crippen LogP contribution is -1.96. The van der Waals surface area contributed by atoms with Crippen LogP contribution in [-0.2, 0) is 0 Å². The lowest BCUT2D eigenvalue weighted by Gasteiger charge is -2.12. The molecule has 0 saturated carbocycles. The summed E-state index contributed by atoms with van der Waals surface area (Å²) in [5.41, 5.74) is 0.700. The lowest BCUT2D eigenvalue weighted by atomic mass is 9.94. The Hall–Kier alpha value is -2.37. The summed E-state index contributed by atoms with van der Waals surface area (Å²) in [6, 6.07) is 19.6. The van der Waals surface area contributed by atoms with E-state index in [9.17, 15) is 5.11 Å². The molecule has 0 aliphatic heterocycles. The van der Waals surface area contributed by atoms with E-state index < -0.39 is 6.10 Å². The molecular weight excluding hydrogens is 222 g/mol. The quantitative estimate of drug-likeness (QED) is 0.516. The molecule has 86 valence electrons. The second-order valence-corrected chi connectivity index (χ2v) is 4.26. The van der Waals surface area contributed by atoms with E-state index in [1.54, 1.807) is 0 Å². The number of nitrogens with zero attached hydrogens (tertiary/aromatic N) is 1. The van der Waals surface area contributed by atoms with Crippen LogP contribution in [0, 0.1) is 11.3 Å². The normalized spacial score (nSPS) is 12.4. The third-order valence-corrected chi connectivity index (χ3v) is 3.21. The maximum atomic E-state index is 9.96.